The first-order valence-corrected chi connectivity index (χ1v) is 6.02. The number of carbonyl (C=O) groups excluding carboxylic acids is 1. The maximum atomic E-state index is 12.2. The minimum absolute atomic E-state index is 0.0496. The number of nitrogens with zero attached hydrogens (tertiary/aromatic N) is 2. The van der Waals surface area contributed by atoms with Gasteiger partial charge in [0.1, 0.15) is 0 Å². The summed E-state index contributed by atoms with van der Waals surface area (Å²) in [7, 11) is 0. The van der Waals surface area contributed by atoms with E-state index in [0.29, 0.717) is 5.56 Å². The third kappa shape index (κ3) is 4.67. The molecule has 0 aliphatic rings. The predicted octanol–water partition coefficient (Wildman–Crippen LogP) is 0.625. The van der Waals surface area contributed by atoms with Gasteiger partial charge >= 0.3 is 5.97 Å². The van der Waals surface area contributed by atoms with E-state index in [2.05, 4.69) is 4.98 Å². The van der Waals surface area contributed by atoms with Gasteiger partial charge in [0.15, 0.2) is 0 Å². The number of aliphatic carboxylic acids is 1. The molecule has 1 rings (SSSR count). The fraction of sp³-hybridized carbons (Fsp3) is 0.462. The molecule has 1 aromatic heterocycles. The average molecular weight is 266 g/mol. The third-order valence-corrected chi connectivity index (χ3v) is 2.60. The molecule has 2 N–H and O–H groups in total. The second-order valence-corrected chi connectivity index (χ2v) is 4.54. The molecule has 104 valence electrons. The van der Waals surface area contributed by atoms with Crippen LogP contribution in [0.4, 0.5) is 0 Å². The first-order chi connectivity index (χ1) is 8.91. The standard InChI is InChI=1S/C13H18N2O4/c1-9(13(18)19)7-15(8-10(2)16)12(17)11-4-3-5-14-6-11/h3-6,9-10,16H,7-8H2,1-2H3,(H,18,19). The topological polar surface area (TPSA) is 90.7 Å². The zero-order valence-corrected chi connectivity index (χ0v) is 11.0. The smallest absolute Gasteiger partial charge is 0.308 e. The molecule has 19 heavy (non-hydrogen) atoms. The second kappa shape index (κ2) is 6.84. The van der Waals surface area contributed by atoms with Gasteiger partial charge in [-0.3, -0.25) is 14.6 Å². The molecule has 0 fully saturated rings. The lowest BCUT2D eigenvalue weighted by molar-refractivity contribution is -0.141. The minimum atomic E-state index is -0.977. The van der Waals surface area contributed by atoms with Crippen molar-refractivity contribution in [3.05, 3.63) is 30.1 Å². The number of aliphatic hydroxyl groups excluding tert-OH is 1. The summed E-state index contributed by atoms with van der Waals surface area (Å²) < 4.78 is 0. The Morgan fingerprint density at radius 3 is 2.53 bits per heavy atom. The average Bonchev–Trinajstić information content (AvgIpc) is 2.37. The van der Waals surface area contributed by atoms with E-state index in [1.165, 1.54) is 18.0 Å². The molecule has 2 unspecified atom stereocenters. The summed E-state index contributed by atoms with van der Waals surface area (Å²) in [6, 6.07) is 3.24. The van der Waals surface area contributed by atoms with Gasteiger partial charge in [0, 0.05) is 25.5 Å². The highest BCUT2D eigenvalue weighted by Crippen LogP contribution is 2.08. The highest BCUT2D eigenvalue weighted by atomic mass is 16.4. The molecule has 0 aromatic carbocycles. The number of rotatable bonds is 6. The Labute approximate surface area is 111 Å². The van der Waals surface area contributed by atoms with Gasteiger partial charge in [0.2, 0.25) is 0 Å². The highest BCUT2D eigenvalue weighted by molar-refractivity contribution is 5.94. The van der Waals surface area contributed by atoms with E-state index in [9.17, 15) is 14.7 Å². The Morgan fingerprint density at radius 1 is 1.37 bits per heavy atom. The van der Waals surface area contributed by atoms with Gasteiger partial charge in [-0.1, -0.05) is 6.92 Å². The van der Waals surface area contributed by atoms with Crippen molar-refractivity contribution in [2.45, 2.75) is 20.0 Å². The molecule has 0 aliphatic carbocycles. The fourth-order valence-electron chi connectivity index (χ4n) is 1.64. The van der Waals surface area contributed by atoms with E-state index in [4.69, 9.17) is 5.11 Å². The molecule has 0 bridgehead atoms. The maximum Gasteiger partial charge on any atom is 0.308 e. The van der Waals surface area contributed by atoms with Crippen molar-refractivity contribution in [1.82, 2.24) is 9.88 Å². The maximum absolute atomic E-state index is 12.2. The van der Waals surface area contributed by atoms with Gasteiger partial charge in [-0.15, -0.1) is 0 Å². The quantitative estimate of drug-likeness (QED) is 0.788. The molecular weight excluding hydrogens is 248 g/mol. The molecule has 0 radical (unpaired) electrons. The highest BCUT2D eigenvalue weighted by Gasteiger charge is 2.22. The van der Waals surface area contributed by atoms with Crippen LogP contribution in [-0.4, -0.2) is 51.2 Å². The molecule has 1 heterocycles. The molecule has 6 heteroatoms. The number of aliphatic hydroxyl groups is 1. The number of carboxylic acid groups (broad SMARTS) is 1. The van der Waals surface area contributed by atoms with Gasteiger partial charge in [-0.25, -0.2) is 0 Å². The van der Waals surface area contributed by atoms with Gasteiger partial charge in [0.05, 0.1) is 17.6 Å². The van der Waals surface area contributed by atoms with Crippen LogP contribution in [0.2, 0.25) is 0 Å². The number of carboxylic acids is 1. The minimum Gasteiger partial charge on any atom is -0.481 e. The molecule has 1 aromatic rings. The van der Waals surface area contributed by atoms with Crippen LogP contribution >= 0.6 is 0 Å². The van der Waals surface area contributed by atoms with Crippen LogP contribution < -0.4 is 0 Å². The van der Waals surface area contributed by atoms with Gasteiger partial charge < -0.3 is 15.1 Å². The van der Waals surface area contributed by atoms with E-state index >= 15 is 0 Å². The first kappa shape index (κ1) is 15.1. The van der Waals surface area contributed by atoms with E-state index < -0.39 is 18.0 Å². The molecular formula is C13H18N2O4. The lowest BCUT2D eigenvalue weighted by Gasteiger charge is -2.25. The van der Waals surface area contributed by atoms with E-state index in [1.807, 2.05) is 0 Å². The molecule has 0 saturated carbocycles. The van der Waals surface area contributed by atoms with E-state index in [1.54, 1.807) is 25.3 Å². The summed E-state index contributed by atoms with van der Waals surface area (Å²) in [5.74, 6) is -2.00. The molecule has 2 atom stereocenters. The predicted molar refractivity (Wildman–Crippen MR) is 68.6 cm³/mol. The lowest BCUT2D eigenvalue weighted by atomic mass is 10.1. The number of hydrogen-bond acceptors (Lipinski definition) is 4. The van der Waals surface area contributed by atoms with Gasteiger partial charge in [-0.05, 0) is 19.1 Å². The summed E-state index contributed by atoms with van der Waals surface area (Å²) >= 11 is 0. The summed E-state index contributed by atoms with van der Waals surface area (Å²) in [6.45, 7) is 3.21. The Bertz CT molecular complexity index is 434. The first-order valence-electron chi connectivity index (χ1n) is 6.02. The SMILES string of the molecule is CC(O)CN(CC(C)C(=O)O)C(=O)c1cccnc1. The largest absolute Gasteiger partial charge is 0.481 e. The lowest BCUT2D eigenvalue weighted by Crippen LogP contribution is -2.41. The van der Waals surface area contributed by atoms with Crippen molar-refractivity contribution < 1.29 is 19.8 Å². The van der Waals surface area contributed by atoms with Crippen molar-refractivity contribution >= 4 is 11.9 Å². The summed E-state index contributed by atoms with van der Waals surface area (Å²) in [5.41, 5.74) is 0.376. The number of amides is 1. The Morgan fingerprint density at radius 2 is 2.05 bits per heavy atom. The van der Waals surface area contributed by atoms with Crippen LogP contribution in [0.15, 0.2) is 24.5 Å². The molecule has 0 aliphatic heterocycles. The Balaban J connectivity index is 2.84. The van der Waals surface area contributed by atoms with E-state index in [0.717, 1.165) is 0 Å². The number of pyridine rings is 1. The Kier molecular flexibility index (Phi) is 5.44. The third-order valence-electron chi connectivity index (χ3n) is 2.60. The summed E-state index contributed by atoms with van der Waals surface area (Å²) in [6.07, 6.45) is 2.25. The van der Waals surface area contributed by atoms with Gasteiger partial charge in [0.25, 0.3) is 5.91 Å². The zero-order valence-electron chi connectivity index (χ0n) is 11.0. The Hall–Kier alpha value is -1.95. The molecule has 1 amide bonds. The van der Waals surface area contributed by atoms with Crippen molar-refractivity contribution in [1.29, 1.82) is 0 Å². The van der Waals surface area contributed by atoms with Crippen LogP contribution in [-0.2, 0) is 4.79 Å². The number of aromatic nitrogens is 1. The van der Waals surface area contributed by atoms with Crippen LogP contribution in [0, 0.1) is 5.92 Å². The van der Waals surface area contributed by atoms with Crippen molar-refractivity contribution in [3.63, 3.8) is 0 Å². The fourth-order valence-corrected chi connectivity index (χ4v) is 1.64. The van der Waals surface area contributed by atoms with Gasteiger partial charge in [-0.2, -0.15) is 0 Å². The monoisotopic (exact) mass is 266 g/mol. The van der Waals surface area contributed by atoms with E-state index in [-0.39, 0.29) is 19.0 Å². The number of hydrogen-bond donors (Lipinski definition) is 2. The van der Waals surface area contributed by atoms with Crippen LogP contribution in [0.3, 0.4) is 0 Å². The van der Waals surface area contributed by atoms with Crippen molar-refractivity contribution in [2.75, 3.05) is 13.1 Å². The molecule has 0 spiro atoms. The van der Waals surface area contributed by atoms with Crippen LogP contribution in [0.25, 0.3) is 0 Å². The molecule has 6 nitrogen and oxygen atoms in total. The van der Waals surface area contributed by atoms with Crippen molar-refractivity contribution in [2.24, 2.45) is 5.92 Å². The number of carbonyl (C=O) groups is 2. The van der Waals surface area contributed by atoms with Crippen molar-refractivity contribution in [3.8, 4) is 0 Å². The normalized spacial score (nSPS) is 13.6. The van der Waals surface area contributed by atoms with Crippen LogP contribution in [0.1, 0.15) is 24.2 Å². The van der Waals surface area contributed by atoms with Crippen LogP contribution in [0.5, 0.6) is 0 Å². The molecule has 0 saturated heterocycles. The second-order valence-electron chi connectivity index (χ2n) is 4.54. The zero-order chi connectivity index (χ0) is 14.4. The summed E-state index contributed by atoms with van der Waals surface area (Å²) in [5, 5.41) is 18.3. The summed E-state index contributed by atoms with van der Waals surface area (Å²) in [4.78, 5) is 28.3.